The molecule has 1 atom stereocenters. The van der Waals surface area contributed by atoms with Crippen molar-refractivity contribution in [1.29, 1.82) is 0 Å². The molecule has 2 heteroatoms. The molecule has 0 saturated carbocycles. The van der Waals surface area contributed by atoms with E-state index in [4.69, 9.17) is 0 Å². The third-order valence-corrected chi connectivity index (χ3v) is 3.23. The van der Waals surface area contributed by atoms with Crippen LogP contribution >= 0.6 is 0 Å². The van der Waals surface area contributed by atoms with Gasteiger partial charge in [-0.25, -0.2) is 0 Å². The molecule has 1 aromatic carbocycles. The van der Waals surface area contributed by atoms with Crippen LogP contribution in [0.1, 0.15) is 6.42 Å². The van der Waals surface area contributed by atoms with Crippen LogP contribution in [-0.4, -0.2) is 10.9 Å². The van der Waals surface area contributed by atoms with E-state index in [1.807, 2.05) is 30.4 Å². The maximum atomic E-state index is 11.4. The van der Waals surface area contributed by atoms with E-state index in [1.165, 1.54) is 0 Å². The first kappa shape index (κ1) is 10.1. The van der Waals surface area contributed by atoms with Gasteiger partial charge in [0.25, 0.3) is 0 Å². The van der Waals surface area contributed by atoms with Crippen molar-refractivity contribution in [2.75, 3.05) is 0 Å². The van der Waals surface area contributed by atoms with Crippen molar-refractivity contribution >= 4 is 17.4 Å². The normalized spacial score (nSPS) is 21.5. The highest BCUT2D eigenvalue weighted by atomic mass is 16.3. The molecule has 1 aromatic rings. The topological polar surface area (TPSA) is 37.3 Å². The molecule has 0 heterocycles. The van der Waals surface area contributed by atoms with Crippen LogP contribution in [0.3, 0.4) is 0 Å². The van der Waals surface area contributed by atoms with E-state index in [1.54, 1.807) is 18.2 Å². The predicted molar refractivity (Wildman–Crippen MR) is 66.6 cm³/mol. The zero-order valence-electron chi connectivity index (χ0n) is 9.26. The minimum atomic E-state index is 0.162. The lowest BCUT2D eigenvalue weighted by atomic mass is 9.87. The van der Waals surface area contributed by atoms with Crippen LogP contribution in [0.5, 0.6) is 5.75 Å². The summed E-state index contributed by atoms with van der Waals surface area (Å²) < 4.78 is 0. The molecule has 2 nitrogen and oxygen atoms in total. The average Bonchev–Trinajstić information content (AvgIpc) is 2.47. The number of allylic oxidation sites excluding steroid dienone is 4. The van der Waals surface area contributed by atoms with Gasteiger partial charge in [-0.15, -0.1) is 0 Å². The Balaban J connectivity index is 2.37. The van der Waals surface area contributed by atoms with Crippen molar-refractivity contribution in [3.63, 3.8) is 0 Å². The SMILES string of the molecule is O=C1C=CC2=c3ccc(O)cc3=CC=CC2C1. The summed E-state index contributed by atoms with van der Waals surface area (Å²) in [5, 5.41) is 11.6. The van der Waals surface area contributed by atoms with Gasteiger partial charge in [-0.3, -0.25) is 4.79 Å². The van der Waals surface area contributed by atoms with Crippen LogP contribution in [0.15, 0.2) is 42.5 Å². The number of carbonyl (C=O) groups is 1. The van der Waals surface area contributed by atoms with Gasteiger partial charge < -0.3 is 5.11 Å². The van der Waals surface area contributed by atoms with Crippen molar-refractivity contribution in [2.24, 2.45) is 5.92 Å². The third kappa shape index (κ3) is 1.72. The summed E-state index contributed by atoms with van der Waals surface area (Å²) in [6.07, 6.45) is 10.1. The van der Waals surface area contributed by atoms with E-state index >= 15 is 0 Å². The number of ketones is 1. The van der Waals surface area contributed by atoms with Gasteiger partial charge in [-0.1, -0.05) is 30.4 Å². The Bertz CT molecular complexity index is 663. The summed E-state index contributed by atoms with van der Waals surface area (Å²) in [6, 6.07) is 5.35. The van der Waals surface area contributed by atoms with Crippen LogP contribution < -0.4 is 10.4 Å². The first-order valence-corrected chi connectivity index (χ1v) is 5.67. The van der Waals surface area contributed by atoms with E-state index < -0.39 is 0 Å². The molecule has 3 rings (SSSR count). The van der Waals surface area contributed by atoms with Crippen molar-refractivity contribution in [3.8, 4) is 5.75 Å². The highest BCUT2D eigenvalue weighted by Crippen LogP contribution is 2.24. The summed E-state index contributed by atoms with van der Waals surface area (Å²) in [7, 11) is 0. The Morgan fingerprint density at radius 2 is 2.12 bits per heavy atom. The van der Waals surface area contributed by atoms with Crippen LogP contribution in [0.4, 0.5) is 0 Å². The molecular formula is C15H12O2. The smallest absolute Gasteiger partial charge is 0.156 e. The van der Waals surface area contributed by atoms with Gasteiger partial charge in [0.1, 0.15) is 5.75 Å². The molecule has 84 valence electrons. The van der Waals surface area contributed by atoms with E-state index in [2.05, 4.69) is 0 Å². The molecule has 0 aromatic heterocycles. The largest absolute Gasteiger partial charge is 0.508 e. The molecule has 0 spiro atoms. The van der Waals surface area contributed by atoms with Crippen molar-refractivity contribution in [2.45, 2.75) is 6.42 Å². The summed E-state index contributed by atoms with van der Waals surface area (Å²) in [6.45, 7) is 0. The monoisotopic (exact) mass is 224 g/mol. The number of hydrogen-bond donors (Lipinski definition) is 1. The van der Waals surface area contributed by atoms with Gasteiger partial charge in [-0.05, 0) is 34.2 Å². The number of phenols is 1. The average molecular weight is 224 g/mol. The molecule has 1 unspecified atom stereocenters. The quantitative estimate of drug-likeness (QED) is 0.715. The Kier molecular flexibility index (Phi) is 2.22. The lowest BCUT2D eigenvalue weighted by molar-refractivity contribution is -0.115. The van der Waals surface area contributed by atoms with Gasteiger partial charge in [0.15, 0.2) is 5.78 Å². The number of fused-ring (bicyclic) bond motifs is 2. The van der Waals surface area contributed by atoms with Gasteiger partial charge >= 0.3 is 0 Å². The van der Waals surface area contributed by atoms with Crippen LogP contribution in [-0.2, 0) is 4.79 Å². The molecule has 0 aliphatic heterocycles. The van der Waals surface area contributed by atoms with E-state index in [0.717, 1.165) is 16.0 Å². The molecule has 0 fully saturated rings. The molecule has 0 saturated heterocycles. The van der Waals surface area contributed by atoms with Crippen molar-refractivity contribution in [3.05, 3.63) is 52.9 Å². The Morgan fingerprint density at radius 1 is 1.24 bits per heavy atom. The minimum Gasteiger partial charge on any atom is -0.508 e. The summed E-state index contributed by atoms with van der Waals surface area (Å²) in [5.74, 6) is 0.600. The van der Waals surface area contributed by atoms with E-state index in [9.17, 15) is 9.90 Å². The summed E-state index contributed by atoms with van der Waals surface area (Å²) >= 11 is 0. The maximum absolute atomic E-state index is 11.4. The lowest BCUT2D eigenvalue weighted by Gasteiger charge is -2.16. The highest BCUT2D eigenvalue weighted by molar-refractivity contribution is 5.96. The molecule has 0 radical (unpaired) electrons. The van der Waals surface area contributed by atoms with Gasteiger partial charge in [0.2, 0.25) is 0 Å². The number of aromatic hydroxyl groups is 1. The second-order valence-electron chi connectivity index (χ2n) is 4.39. The Hall–Kier alpha value is -2.09. The summed E-state index contributed by atoms with van der Waals surface area (Å²) in [5.41, 5.74) is 1.16. The first-order chi connectivity index (χ1) is 8.24. The van der Waals surface area contributed by atoms with Crippen LogP contribution in [0, 0.1) is 5.92 Å². The third-order valence-electron chi connectivity index (χ3n) is 3.23. The number of phenolic OH excluding ortho intramolecular Hbond substituents is 1. The predicted octanol–water partition coefficient (Wildman–Crippen LogP) is 1.04. The Labute approximate surface area is 98.9 Å². The van der Waals surface area contributed by atoms with Gasteiger partial charge in [-0.2, -0.15) is 0 Å². The van der Waals surface area contributed by atoms with Crippen molar-refractivity contribution < 1.29 is 9.90 Å². The standard InChI is InChI=1S/C15H12O2/c16-12-4-6-14-10(8-12)2-1-3-11-9-13(17)5-7-15(11)14/h1-8,11,16H,9H2. The lowest BCUT2D eigenvalue weighted by Crippen LogP contribution is -2.28. The number of benzene rings is 1. The first-order valence-electron chi connectivity index (χ1n) is 5.67. The number of hydrogen-bond acceptors (Lipinski definition) is 2. The fourth-order valence-electron chi connectivity index (χ4n) is 2.41. The molecule has 0 amide bonds. The second-order valence-corrected chi connectivity index (χ2v) is 4.39. The van der Waals surface area contributed by atoms with Crippen LogP contribution in [0.25, 0.3) is 11.6 Å². The van der Waals surface area contributed by atoms with Gasteiger partial charge in [0, 0.05) is 12.3 Å². The fourth-order valence-corrected chi connectivity index (χ4v) is 2.41. The van der Waals surface area contributed by atoms with E-state index in [0.29, 0.717) is 6.42 Å². The highest BCUT2D eigenvalue weighted by Gasteiger charge is 2.18. The zero-order chi connectivity index (χ0) is 11.8. The summed E-state index contributed by atoms with van der Waals surface area (Å²) in [4.78, 5) is 11.4. The molecule has 17 heavy (non-hydrogen) atoms. The molecule has 2 aliphatic carbocycles. The second kappa shape index (κ2) is 3.74. The molecular weight excluding hydrogens is 212 g/mol. The minimum absolute atomic E-state index is 0.162. The van der Waals surface area contributed by atoms with Gasteiger partial charge in [0.05, 0.1) is 0 Å². The number of rotatable bonds is 0. The van der Waals surface area contributed by atoms with E-state index in [-0.39, 0.29) is 17.5 Å². The maximum Gasteiger partial charge on any atom is 0.156 e. The zero-order valence-corrected chi connectivity index (χ0v) is 9.26. The van der Waals surface area contributed by atoms with Crippen molar-refractivity contribution in [1.82, 2.24) is 0 Å². The molecule has 0 bridgehead atoms. The molecule has 2 aliphatic rings. The number of carbonyl (C=O) groups excluding carboxylic acids is 1. The Morgan fingerprint density at radius 3 is 3.00 bits per heavy atom. The fraction of sp³-hybridized carbons (Fsp3) is 0.133. The van der Waals surface area contributed by atoms with Crippen LogP contribution in [0.2, 0.25) is 0 Å². The molecule has 1 N–H and O–H groups in total.